The maximum atomic E-state index is 12.7. The molecule has 0 aliphatic rings. The van der Waals surface area contributed by atoms with Crippen LogP contribution in [0, 0.1) is 0 Å². The van der Waals surface area contributed by atoms with Crippen molar-refractivity contribution in [3.05, 3.63) is 101 Å². The topological polar surface area (TPSA) is 70.7 Å². The van der Waals surface area contributed by atoms with Gasteiger partial charge in [0.25, 0.3) is 0 Å². The first-order chi connectivity index (χ1) is 14.7. The van der Waals surface area contributed by atoms with Crippen molar-refractivity contribution in [3.8, 4) is 11.4 Å². The molecule has 0 bridgehead atoms. The lowest BCUT2D eigenvalue weighted by Crippen LogP contribution is -2.30. The number of halogens is 1. The van der Waals surface area contributed by atoms with E-state index < -0.39 is 0 Å². The smallest absolute Gasteiger partial charge is 0.231 e. The molecule has 4 aromatic rings. The van der Waals surface area contributed by atoms with E-state index in [2.05, 4.69) is 20.5 Å². The minimum atomic E-state index is -0.216. The summed E-state index contributed by atoms with van der Waals surface area (Å²) in [6.45, 7) is 0. The Hall–Kier alpha value is -3.09. The number of rotatable bonds is 7. The largest absolute Gasteiger partial charge is 0.344 e. The predicted molar refractivity (Wildman–Crippen MR) is 120 cm³/mol. The van der Waals surface area contributed by atoms with E-state index in [-0.39, 0.29) is 17.7 Å². The Labute approximate surface area is 183 Å². The van der Waals surface area contributed by atoms with Gasteiger partial charge in [-0.3, -0.25) is 9.89 Å². The first-order valence-corrected chi connectivity index (χ1v) is 10.8. The highest BCUT2D eigenvalue weighted by Gasteiger charge is 2.17. The van der Waals surface area contributed by atoms with Gasteiger partial charge in [-0.1, -0.05) is 96.2 Å². The number of carbonyl (C=O) groups is 1. The first kappa shape index (κ1) is 20.2. The Balaban J connectivity index is 1.43. The lowest BCUT2D eigenvalue weighted by Gasteiger charge is -2.19. The van der Waals surface area contributed by atoms with Gasteiger partial charge < -0.3 is 5.32 Å². The van der Waals surface area contributed by atoms with Crippen LogP contribution >= 0.6 is 23.4 Å². The molecule has 1 amide bonds. The van der Waals surface area contributed by atoms with Gasteiger partial charge >= 0.3 is 0 Å². The Bertz CT molecular complexity index is 1080. The second-order valence-electron chi connectivity index (χ2n) is 6.56. The molecular weight excluding hydrogens is 416 g/mol. The summed E-state index contributed by atoms with van der Waals surface area (Å²) in [5, 5.41) is 11.3. The molecule has 0 spiro atoms. The molecule has 0 aliphatic carbocycles. The summed E-state index contributed by atoms with van der Waals surface area (Å²) in [5.74, 6) is 0.687. The third-order valence-electron chi connectivity index (χ3n) is 4.50. The number of hydrogen-bond acceptors (Lipinski definition) is 4. The van der Waals surface area contributed by atoms with Gasteiger partial charge in [0, 0.05) is 5.56 Å². The lowest BCUT2D eigenvalue weighted by molar-refractivity contribution is -0.119. The third kappa shape index (κ3) is 4.90. The summed E-state index contributed by atoms with van der Waals surface area (Å²) in [6, 6.07) is 27.0. The second kappa shape index (κ2) is 9.61. The van der Waals surface area contributed by atoms with Gasteiger partial charge in [0.1, 0.15) is 0 Å². The highest BCUT2D eigenvalue weighted by atomic mass is 35.5. The fourth-order valence-electron chi connectivity index (χ4n) is 3.07. The third-order valence-corrected chi connectivity index (χ3v) is 5.67. The van der Waals surface area contributed by atoms with Gasteiger partial charge in [-0.15, -0.1) is 5.10 Å². The Morgan fingerprint density at radius 2 is 1.53 bits per heavy atom. The minimum Gasteiger partial charge on any atom is -0.344 e. The number of aromatic amines is 1. The van der Waals surface area contributed by atoms with E-state index in [1.54, 1.807) is 6.07 Å². The molecule has 0 saturated carbocycles. The van der Waals surface area contributed by atoms with Gasteiger partial charge in [0.05, 0.1) is 16.8 Å². The average molecular weight is 435 g/mol. The predicted octanol–water partition coefficient (Wildman–Crippen LogP) is 5.12. The van der Waals surface area contributed by atoms with E-state index in [1.807, 2.05) is 78.9 Å². The van der Waals surface area contributed by atoms with Gasteiger partial charge in [0.15, 0.2) is 5.82 Å². The van der Waals surface area contributed by atoms with E-state index in [4.69, 9.17) is 11.6 Å². The molecule has 0 fully saturated rings. The molecule has 1 aromatic heterocycles. The zero-order valence-corrected chi connectivity index (χ0v) is 17.5. The van der Waals surface area contributed by atoms with E-state index in [9.17, 15) is 4.79 Å². The van der Waals surface area contributed by atoms with E-state index in [1.165, 1.54) is 11.8 Å². The number of nitrogens with one attached hydrogen (secondary N) is 2. The summed E-state index contributed by atoms with van der Waals surface area (Å²) in [6.07, 6.45) is 0. The second-order valence-corrected chi connectivity index (χ2v) is 7.91. The van der Waals surface area contributed by atoms with Gasteiger partial charge in [0.2, 0.25) is 11.1 Å². The first-order valence-electron chi connectivity index (χ1n) is 9.40. The number of carbonyl (C=O) groups excluding carboxylic acids is 1. The van der Waals surface area contributed by atoms with Crippen LogP contribution in [0.2, 0.25) is 5.02 Å². The van der Waals surface area contributed by atoms with Gasteiger partial charge in [-0.2, -0.15) is 0 Å². The van der Waals surface area contributed by atoms with E-state index in [0.717, 1.165) is 16.7 Å². The van der Waals surface area contributed by atoms with Crippen molar-refractivity contribution in [1.29, 1.82) is 0 Å². The Kier molecular flexibility index (Phi) is 6.47. The van der Waals surface area contributed by atoms with Crippen molar-refractivity contribution in [2.45, 2.75) is 11.2 Å². The van der Waals surface area contributed by atoms with Crippen LogP contribution in [0.1, 0.15) is 17.2 Å². The zero-order valence-electron chi connectivity index (χ0n) is 16.0. The lowest BCUT2D eigenvalue weighted by atomic mass is 9.99. The van der Waals surface area contributed by atoms with E-state index >= 15 is 0 Å². The summed E-state index contributed by atoms with van der Waals surface area (Å²) >= 11 is 7.48. The SMILES string of the molecule is O=C(CSc1n[nH]c(-c2ccccc2Cl)n1)NC(c1ccccc1)c1ccccc1. The van der Waals surface area contributed by atoms with Crippen molar-refractivity contribution < 1.29 is 4.79 Å². The fraction of sp³-hybridized carbons (Fsp3) is 0.0870. The Morgan fingerprint density at radius 3 is 2.17 bits per heavy atom. The van der Waals surface area contributed by atoms with Crippen molar-refractivity contribution in [3.63, 3.8) is 0 Å². The molecule has 150 valence electrons. The maximum absolute atomic E-state index is 12.7. The van der Waals surface area contributed by atoms with Crippen LogP contribution in [-0.4, -0.2) is 26.8 Å². The molecule has 0 saturated heterocycles. The minimum absolute atomic E-state index is 0.0956. The number of H-pyrrole nitrogens is 1. The van der Waals surface area contributed by atoms with Crippen LogP contribution in [0.25, 0.3) is 11.4 Å². The maximum Gasteiger partial charge on any atom is 0.231 e. The van der Waals surface area contributed by atoms with Crippen molar-refractivity contribution >= 4 is 29.3 Å². The Morgan fingerprint density at radius 1 is 0.933 bits per heavy atom. The number of benzene rings is 3. The molecule has 0 atom stereocenters. The van der Waals surface area contributed by atoms with Crippen molar-refractivity contribution in [1.82, 2.24) is 20.5 Å². The van der Waals surface area contributed by atoms with Crippen LogP contribution in [0.15, 0.2) is 90.1 Å². The van der Waals surface area contributed by atoms with Crippen molar-refractivity contribution in [2.24, 2.45) is 0 Å². The van der Waals surface area contributed by atoms with Crippen LogP contribution in [0.5, 0.6) is 0 Å². The number of amides is 1. The highest BCUT2D eigenvalue weighted by Crippen LogP contribution is 2.26. The molecule has 3 aromatic carbocycles. The molecule has 1 heterocycles. The number of nitrogens with zero attached hydrogens (tertiary/aromatic N) is 2. The van der Waals surface area contributed by atoms with Crippen LogP contribution < -0.4 is 5.32 Å². The zero-order chi connectivity index (χ0) is 20.8. The normalized spacial score (nSPS) is 10.9. The van der Waals surface area contributed by atoms with E-state index in [0.29, 0.717) is 16.0 Å². The summed E-state index contributed by atoms with van der Waals surface area (Å²) in [4.78, 5) is 17.1. The monoisotopic (exact) mass is 434 g/mol. The fourth-order valence-corrected chi connectivity index (χ4v) is 3.90. The van der Waals surface area contributed by atoms with Gasteiger partial charge in [-0.05, 0) is 23.3 Å². The molecule has 2 N–H and O–H groups in total. The van der Waals surface area contributed by atoms with Crippen LogP contribution in [-0.2, 0) is 4.79 Å². The van der Waals surface area contributed by atoms with Crippen molar-refractivity contribution in [2.75, 3.05) is 5.75 Å². The summed E-state index contributed by atoms with van der Waals surface area (Å²) < 4.78 is 0. The highest BCUT2D eigenvalue weighted by molar-refractivity contribution is 7.99. The summed E-state index contributed by atoms with van der Waals surface area (Å²) in [7, 11) is 0. The van der Waals surface area contributed by atoms with Crippen LogP contribution in [0.3, 0.4) is 0 Å². The molecule has 0 unspecified atom stereocenters. The molecule has 7 heteroatoms. The summed E-state index contributed by atoms with van der Waals surface area (Å²) in [5.41, 5.74) is 2.83. The number of hydrogen-bond donors (Lipinski definition) is 2. The molecule has 5 nitrogen and oxygen atoms in total. The van der Waals surface area contributed by atoms with Gasteiger partial charge in [-0.25, -0.2) is 4.98 Å². The molecule has 4 rings (SSSR count). The van der Waals surface area contributed by atoms with Crippen LogP contribution in [0.4, 0.5) is 0 Å². The quantitative estimate of drug-likeness (QED) is 0.396. The molecule has 0 radical (unpaired) electrons. The number of aromatic nitrogens is 3. The molecular formula is C23H19ClN4OS. The molecule has 30 heavy (non-hydrogen) atoms. The molecule has 0 aliphatic heterocycles. The average Bonchev–Trinajstić information content (AvgIpc) is 3.26. The number of thioether (sulfide) groups is 1. The standard InChI is InChI=1S/C23H19ClN4OS/c24-19-14-8-7-13-18(19)22-26-23(28-27-22)30-15-20(29)25-21(16-9-3-1-4-10-16)17-11-5-2-6-12-17/h1-14,21H,15H2,(H,25,29)(H,26,27,28).